The summed E-state index contributed by atoms with van der Waals surface area (Å²) < 4.78 is 0. The Kier molecular flexibility index (Phi) is 3.83. The lowest BCUT2D eigenvalue weighted by atomic mass is 10.1. The van der Waals surface area contributed by atoms with E-state index in [0.29, 0.717) is 11.1 Å². The molecule has 6 nitrogen and oxygen atoms in total. The van der Waals surface area contributed by atoms with Crippen molar-refractivity contribution in [1.29, 1.82) is 0 Å². The van der Waals surface area contributed by atoms with Gasteiger partial charge in [-0.05, 0) is 38.3 Å². The van der Waals surface area contributed by atoms with E-state index in [1.165, 1.54) is 0 Å². The second-order valence-electron chi connectivity index (χ2n) is 5.70. The highest BCUT2D eigenvalue weighted by atomic mass is 16.2. The minimum Gasteiger partial charge on any atom is -0.325 e. The van der Waals surface area contributed by atoms with E-state index in [9.17, 15) is 14.4 Å². The highest BCUT2D eigenvalue weighted by Gasteiger charge is 2.39. The van der Waals surface area contributed by atoms with Gasteiger partial charge < -0.3 is 10.2 Å². The lowest BCUT2D eigenvalue weighted by Gasteiger charge is -2.30. The van der Waals surface area contributed by atoms with Crippen LogP contribution in [0, 0.1) is 0 Å². The number of urea groups is 1. The van der Waals surface area contributed by atoms with E-state index in [1.807, 2.05) is 0 Å². The first-order chi connectivity index (χ1) is 10.6. The van der Waals surface area contributed by atoms with Crippen LogP contribution in [-0.2, 0) is 0 Å². The van der Waals surface area contributed by atoms with E-state index in [0.717, 1.165) is 37.3 Å². The van der Waals surface area contributed by atoms with Crippen LogP contribution in [0.5, 0.6) is 0 Å². The van der Waals surface area contributed by atoms with Crippen LogP contribution >= 0.6 is 0 Å². The first kappa shape index (κ1) is 14.6. The van der Waals surface area contributed by atoms with E-state index >= 15 is 0 Å². The molecule has 6 heteroatoms. The Labute approximate surface area is 129 Å². The van der Waals surface area contributed by atoms with Gasteiger partial charge in [0.2, 0.25) is 0 Å². The number of carbonyl (C=O) groups is 3. The third kappa shape index (κ3) is 2.45. The molecule has 1 unspecified atom stereocenters. The Bertz CT molecular complexity index is 588. The molecule has 0 bridgehead atoms. The molecular weight excluding hydrogens is 282 g/mol. The van der Waals surface area contributed by atoms with Crippen molar-refractivity contribution < 1.29 is 14.4 Å². The minimum atomic E-state index is -0.665. The van der Waals surface area contributed by atoms with Gasteiger partial charge in [0, 0.05) is 13.1 Å². The van der Waals surface area contributed by atoms with Crippen LogP contribution in [0.4, 0.5) is 4.79 Å². The average Bonchev–Trinajstić information content (AvgIpc) is 2.80. The molecule has 0 aromatic heterocycles. The maximum atomic E-state index is 12.3. The van der Waals surface area contributed by atoms with E-state index in [2.05, 4.69) is 5.32 Å². The standard InChI is InChI=1S/C16H19N3O3/c1-11(17-16(22)18-9-5-2-6-10-18)19-14(20)12-7-3-4-8-13(12)15(19)21/h3-4,7-8,11H,2,5-6,9-10H2,1H3,(H,17,22). The fourth-order valence-electron chi connectivity index (χ4n) is 2.99. The van der Waals surface area contributed by atoms with Gasteiger partial charge in [0.1, 0.15) is 6.17 Å². The second-order valence-corrected chi connectivity index (χ2v) is 5.70. The van der Waals surface area contributed by atoms with Crippen molar-refractivity contribution in [2.75, 3.05) is 13.1 Å². The van der Waals surface area contributed by atoms with E-state index in [-0.39, 0.29) is 17.8 Å². The molecule has 1 fully saturated rings. The summed E-state index contributed by atoms with van der Waals surface area (Å²) in [5.74, 6) is -0.709. The molecule has 1 aromatic rings. The van der Waals surface area contributed by atoms with Crippen LogP contribution in [0.1, 0.15) is 46.9 Å². The number of hydrogen-bond donors (Lipinski definition) is 1. The number of benzene rings is 1. The Morgan fingerprint density at radius 3 is 2.14 bits per heavy atom. The van der Waals surface area contributed by atoms with Gasteiger partial charge in [0.05, 0.1) is 11.1 Å². The highest BCUT2D eigenvalue weighted by molar-refractivity contribution is 6.21. The van der Waals surface area contributed by atoms with E-state index in [1.54, 1.807) is 36.1 Å². The molecule has 2 aliphatic heterocycles. The summed E-state index contributed by atoms with van der Waals surface area (Å²) in [7, 11) is 0. The summed E-state index contributed by atoms with van der Waals surface area (Å²) in [6, 6.07) is 6.50. The van der Waals surface area contributed by atoms with Crippen molar-refractivity contribution >= 4 is 17.8 Å². The predicted molar refractivity (Wildman–Crippen MR) is 80.4 cm³/mol. The molecule has 116 valence electrons. The number of amides is 4. The molecule has 1 saturated heterocycles. The van der Waals surface area contributed by atoms with E-state index in [4.69, 9.17) is 0 Å². The van der Waals surface area contributed by atoms with Gasteiger partial charge in [-0.15, -0.1) is 0 Å². The lowest BCUT2D eigenvalue weighted by Crippen LogP contribution is -2.53. The molecule has 22 heavy (non-hydrogen) atoms. The quantitative estimate of drug-likeness (QED) is 0.847. The van der Waals surface area contributed by atoms with Crippen molar-refractivity contribution in [1.82, 2.24) is 15.1 Å². The molecule has 1 aromatic carbocycles. The van der Waals surface area contributed by atoms with Crippen LogP contribution in [-0.4, -0.2) is 46.9 Å². The lowest BCUT2D eigenvalue weighted by molar-refractivity contribution is 0.0573. The fraction of sp³-hybridized carbons (Fsp3) is 0.438. The zero-order chi connectivity index (χ0) is 15.7. The first-order valence-electron chi connectivity index (χ1n) is 7.62. The van der Waals surface area contributed by atoms with Gasteiger partial charge in [-0.2, -0.15) is 0 Å². The highest BCUT2D eigenvalue weighted by Crippen LogP contribution is 2.23. The van der Waals surface area contributed by atoms with Crippen molar-refractivity contribution in [2.45, 2.75) is 32.4 Å². The first-order valence-corrected chi connectivity index (χ1v) is 7.62. The number of rotatable bonds is 2. The summed E-state index contributed by atoms with van der Waals surface area (Å²) >= 11 is 0. The molecule has 0 saturated carbocycles. The Balaban J connectivity index is 1.71. The van der Waals surface area contributed by atoms with Crippen LogP contribution in [0.15, 0.2) is 24.3 Å². The van der Waals surface area contributed by atoms with Crippen molar-refractivity contribution in [2.24, 2.45) is 0 Å². The van der Waals surface area contributed by atoms with E-state index < -0.39 is 6.17 Å². The zero-order valence-corrected chi connectivity index (χ0v) is 12.5. The number of carbonyl (C=O) groups excluding carboxylic acids is 3. The molecule has 4 amide bonds. The number of fused-ring (bicyclic) bond motifs is 1. The summed E-state index contributed by atoms with van der Waals surface area (Å²) in [6.45, 7) is 3.10. The molecule has 0 radical (unpaired) electrons. The van der Waals surface area contributed by atoms with Gasteiger partial charge in [-0.25, -0.2) is 4.79 Å². The zero-order valence-electron chi connectivity index (χ0n) is 12.5. The van der Waals surface area contributed by atoms with Gasteiger partial charge >= 0.3 is 6.03 Å². The van der Waals surface area contributed by atoms with Gasteiger partial charge in [-0.1, -0.05) is 12.1 Å². The van der Waals surface area contributed by atoms with Crippen LogP contribution in [0.3, 0.4) is 0 Å². The van der Waals surface area contributed by atoms with Crippen molar-refractivity contribution in [3.8, 4) is 0 Å². The SMILES string of the molecule is CC(NC(=O)N1CCCCC1)N1C(=O)c2ccccc2C1=O. The molecule has 2 heterocycles. The third-order valence-electron chi connectivity index (χ3n) is 4.19. The fourth-order valence-corrected chi connectivity index (χ4v) is 2.99. The number of likely N-dealkylation sites (tertiary alicyclic amines) is 1. The number of imide groups is 1. The Hall–Kier alpha value is -2.37. The van der Waals surface area contributed by atoms with Gasteiger partial charge in [-0.3, -0.25) is 14.5 Å². The average molecular weight is 301 g/mol. The molecule has 2 aliphatic rings. The monoisotopic (exact) mass is 301 g/mol. The normalized spacial score (nSPS) is 19.1. The summed E-state index contributed by atoms with van der Waals surface area (Å²) in [5, 5.41) is 2.76. The van der Waals surface area contributed by atoms with Gasteiger partial charge in [0.25, 0.3) is 11.8 Å². The molecule has 0 aliphatic carbocycles. The maximum absolute atomic E-state index is 12.3. The smallest absolute Gasteiger partial charge is 0.319 e. The summed E-state index contributed by atoms with van der Waals surface area (Å²) in [5.41, 5.74) is 0.790. The maximum Gasteiger partial charge on any atom is 0.319 e. The van der Waals surface area contributed by atoms with Crippen molar-refractivity contribution in [3.05, 3.63) is 35.4 Å². The molecule has 1 atom stereocenters. The number of nitrogens with one attached hydrogen (secondary N) is 1. The summed E-state index contributed by atoms with van der Waals surface area (Å²) in [6.07, 6.45) is 2.46. The van der Waals surface area contributed by atoms with Crippen LogP contribution in [0.2, 0.25) is 0 Å². The van der Waals surface area contributed by atoms with Gasteiger partial charge in [0.15, 0.2) is 0 Å². The molecule has 3 rings (SSSR count). The predicted octanol–water partition coefficient (Wildman–Crippen LogP) is 1.82. The minimum absolute atomic E-state index is 0.219. The number of hydrogen-bond acceptors (Lipinski definition) is 3. The van der Waals surface area contributed by atoms with Crippen LogP contribution in [0.25, 0.3) is 0 Å². The molecular formula is C16H19N3O3. The van der Waals surface area contributed by atoms with Crippen molar-refractivity contribution in [3.63, 3.8) is 0 Å². The number of nitrogens with zero attached hydrogens (tertiary/aromatic N) is 2. The molecule has 0 spiro atoms. The van der Waals surface area contributed by atoms with Crippen LogP contribution < -0.4 is 5.32 Å². The number of piperidine rings is 1. The third-order valence-corrected chi connectivity index (χ3v) is 4.19. The summed E-state index contributed by atoms with van der Waals surface area (Å²) in [4.78, 5) is 39.8. The topological polar surface area (TPSA) is 69.7 Å². The Morgan fingerprint density at radius 1 is 1.05 bits per heavy atom. The molecule has 1 N–H and O–H groups in total. The largest absolute Gasteiger partial charge is 0.325 e. The second kappa shape index (κ2) is 5.79. The Morgan fingerprint density at radius 2 is 1.59 bits per heavy atom.